The molecule has 1 nitrogen and oxygen atoms in total. The largest absolute Gasteiger partial charge is 0.457 e. The van der Waals surface area contributed by atoms with Crippen molar-refractivity contribution in [2.75, 3.05) is 0 Å². The van der Waals surface area contributed by atoms with Gasteiger partial charge in [-0.1, -0.05) is 62.6 Å². The van der Waals surface area contributed by atoms with E-state index in [0.29, 0.717) is 0 Å². The summed E-state index contributed by atoms with van der Waals surface area (Å²) in [5.41, 5.74) is 0. The summed E-state index contributed by atoms with van der Waals surface area (Å²) in [5.74, 6) is 1.71. The van der Waals surface area contributed by atoms with E-state index in [-0.39, 0.29) is 0 Å². The van der Waals surface area contributed by atoms with Crippen molar-refractivity contribution < 1.29 is 4.74 Å². The second-order valence-corrected chi connectivity index (χ2v) is 5.92. The lowest BCUT2D eigenvalue weighted by atomic mass is 10.3. The molecule has 0 spiro atoms. The highest BCUT2D eigenvalue weighted by atomic mass is 32.2. The van der Waals surface area contributed by atoms with E-state index < -0.39 is 0 Å². The van der Waals surface area contributed by atoms with Crippen LogP contribution in [0.5, 0.6) is 5.75 Å². The number of hydrogen-bond acceptors (Lipinski definition) is 1. The van der Waals surface area contributed by atoms with Crippen molar-refractivity contribution in [3.8, 4) is 5.75 Å². The average Bonchev–Trinajstić information content (AvgIpc) is 2.57. The summed E-state index contributed by atoms with van der Waals surface area (Å²) in [6, 6.07) is 9.81. The van der Waals surface area contributed by atoms with Crippen molar-refractivity contribution in [2.45, 2.75) is 20.3 Å². The maximum Gasteiger partial charge on any atom is 0.196 e. The Balaban J connectivity index is 3.06. The molecule has 0 aliphatic carbocycles. The molecule has 0 radical (unpaired) electrons. The fourth-order valence-corrected chi connectivity index (χ4v) is 2.74. The number of hydrogen-bond donors (Lipinski definition) is 0. The summed E-state index contributed by atoms with van der Waals surface area (Å²) in [5, 5.41) is 0. The summed E-state index contributed by atoms with van der Waals surface area (Å²) in [6.45, 7) is 11.6. The molecule has 0 fully saturated rings. The van der Waals surface area contributed by atoms with Gasteiger partial charge in [-0.15, -0.1) is 0 Å². The predicted molar refractivity (Wildman–Crippen MR) is 106 cm³/mol. The second kappa shape index (κ2) is 11.4. The summed E-state index contributed by atoms with van der Waals surface area (Å²) < 4.78 is 5.97. The standard InChI is InChI=1S/C21H24OS/c1-5-8-16-20(13-7-3)23-21(17-9-6-2)18(4)22-19-14-11-10-12-15-19/h6-17H,2-3,5H2,1,4H3/p+1/b16-8-,17-9-,20-13+,21-18-. The summed E-state index contributed by atoms with van der Waals surface area (Å²) in [7, 11) is 0. The number of allylic oxidation sites excluding steroid dienone is 8. The van der Waals surface area contributed by atoms with Crippen LogP contribution >= 0.6 is 0 Å². The topological polar surface area (TPSA) is 9.23 Å². The minimum Gasteiger partial charge on any atom is -0.457 e. The van der Waals surface area contributed by atoms with Gasteiger partial charge in [0.1, 0.15) is 5.75 Å². The normalized spacial score (nSPS) is 13.2. The lowest BCUT2D eigenvalue weighted by Gasteiger charge is -2.06. The Morgan fingerprint density at radius 2 is 1.87 bits per heavy atom. The van der Waals surface area contributed by atoms with E-state index in [0.717, 1.165) is 34.6 Å². The number of ether oxygens (including phenoxy) is 1. The van der Waals surface area contributed by atoms with Gasteiger partial charge in [-0.2, -0.15) is 0 Å². The molecule has 1 rings (SSSR count). The zero-order chi connectivity index (χ0) is 16.9. The lowest BCUT2D eigenvalue weighted by Crippen LogP contribution is -1.98. The molecule has 0 aromatic heterocycles. The van der Waals surface area contributed by atoms with Crippen LogP contribution in [0.1, 0.15) is 20.3 Å². The van der Waals surface area contributed by atoms with Gasteiger partial charge in [0.2, 0.25) is 0 Å². The fourth-order valence-electron chi connectivity index (χ4n) is 1.74. The Kier molecular flexibility index (Phi) is 9.34. The molecule has 0 bridgehead atoms. The number of para-hydroxylation sites is 1. The zero-order valence-corrected chi connectivity index (χ0v) is 14.8. The lowest BCUT2D eigenvalue weighted by molar-refractivity contribution is 0.426. The highest BCUT2D eigenvalue weighted by molar-refractivity contribution is 7.87. The van der Waals surface area contributed by atoms with Crippen LogP contribution in [0.25, 0.3) is 0 Å². The maximum atomic E-state index is 5.97. The smallest absolute Gasteiger partial charge is 0.196 e. The van der Waals surface area contributed by atoms with Crippen LogP contribution in [-0.2, 0) is 11.8 Å². The first-order valence-electron chi connectivity index (χ1n) is 7.65. The molecule has 0 heterocycles. The first kappa shape index (κ1) is 18.9. The first-order valence-corrected chi connectivity index (χ1v) is 8.54. The van der Waals surface area contributed by atoms with Crippen LogP contribution in [0.2, 0.25) is 0 Å². The molecule has 23 heavy (non-hydrogen) atoms. The molecule has 0 aliphatic rings. The molecule has 0 aliphatic heterocycles. The van der Waals surface area contributed by atoms with Gasteiger partial charge in [-0.05, 0) is 43.7 Å². The van der Waals surface area contributed by atoms with Crippen molar-refractivity contribution in [1.82, 2.24) is 0 Å². The van der Waals surface area contributed by atoms with Gasteiger partial charge in [0.15, 0.2) is 15.6 Å². The van der Waals surface area contributed by atoms with E-state index in [9.17, 15) is 0 Å². The van der Waals surface area contributed by atoms with Crippen LogP contribution in [0, 0.1) is 0 Å². The third-order valence-corrected chi connectivity index (χ3v) is 4.09. The Bertz CT molecular complexity index is 619. The molecule has 0 unspecified atom stereocenters. The van der Waals surface area contributed by atoms with Crippen LogP contribution in [0.3, 0.4) is 0 Å². The molecule has 120 valence electrons. The van der Waals surface area contributed by atoms with Gasteiger partial charge in [0.05, 0.1) is 11.8 Å². The van der Waals surface area contributed by atoms with Gasteiger partial charge < -0.3 is 4.74 Å². The van der Waals surface area contributed by atoms with E-state index in [1.54, 1.807) is 6.08 Å². The third-order valence-electron chi connectivity index (χ3n) is 2.83. The summed E-state index contributed by atoms with van der Waals surface area (Å²) >= 11 is 1.07. The number of thiol groups is 1. The number of rotatable bonds is 9. The van der Waals surface area contributed by atoms with Crippen LogP contribution in [-0.4, -0.2) is 0 Å². The number of benzene rings is 1. The SMILES string of the molecule is C=C/C=C\C([SH+]C(/C=C\CC)=C/C=C)=C(/C)Oc1ccccc1. The molecule has 2 heteroatoms. The van der Waals surface area contributed by atoms with Crippen LogP contribution in [0.4, 0.5) is 0 Å². The van der Waals surface area contributed by atoms with Crippen molar-refractivity contribution >= 4 is 11.8 Å². The van der Waals surface area contributed by atoms with Crippen LogP contribution in [0.15, 0.2) is 102 Å². The van der Waals surface area contributed by atoms with Crippen molar-refractivity contribution in [3.05, 3.63) is 102 Å². The highest BCUT2D eigenvalue weighted by Crippen LogP contribution is 2.20. The first-order chi connectivity index (χ1) is 11.2. The molecule has 1 aromatic carbocycles. The van der Waals surface area contributed by atoms with Gasteiger partial charge in [-0.25, -0.2) is 0 Å². The van der Waals surface area contributed by atoms with E-state index in [4.69, 9.17) is 4.74 Å². The van der Waals surface area contributed by atoms with Crippen molar-refractivity contribution in [2.24, 2.45) is 0 Å². The van der Waals surface area contributed by atoms with E-state index >= 15 is 0 Å². The molecule has 0 amide bonds. The Hall–Kier alpha value is -2.19. The van der Waals surface area contributed by atoms with Crippen molar-refractivity contribution in [3.63, 3.8) is 0 Å². The summed E-state index contributed by atoms with van der Waals surface area (Å²) in [4.78, 5) is 2.25. The molecular weight excluding hydrogens is 300 g/mol. The minimum atomic E-state index is 0.836. The van der Waals surface area contributed by atoms with Gasteiger partial charge >= 0.3 is 0 Å². The maximum absolute atomic E-state index is 5.97. The molecule has 0 N–H and O–H groups in total. The predicted octanol–water partition coefficient (Wildman–Crippen LogP) is 5.89. The molecular formula is C21H25OS+. The van der Waals surface area contributed by atoms with Crippen LogP contribution < -0.4 is 4.74 Å². The van der Waals surface area contributed by atoms with E-state index in [1.807, 2.05) is 61.6 Å². The van der Waals surface area contributed by atoms with E-state index in [2.05, 4.69) is 32.2 Å². The minimum absolute atomic E-state index is 0.836. The summed E-state index contributed by atoms with van der Waals surface area (Å²) in [6.07, 6.45) is 14.8. The molecule has 1 aromatic rings. The van der Waals surface area contributed by atoms with Gasteiger partial charge in [0, 0.05) is 0 Å². The highest BCUT2D eigenvalue weighted by Gasteiger charge is 2.14. The van der Waals surface area contributed by atoms with Crippen molar-refractivity contribution in [1.29, 1.82) is 0 Å². The van der Waals surface area contributed by atoms with Gasteiger partial charge in [-0.3, -0.25) is 0 Å². The quantitative estimate of drug-likeness (QED) is 0.238. The Morgan fingerprint density at radius 1 is 1.13 bits per heavy atom. The fraction of sp³-hybridized carbons (Fsp3) is 0.143. The second-order valence-electron chi connectivity index (χ2n) is 4.70. The molecule has 0 atom stereocenters. The zero-order valence-electron chi connectivity index (χ0n) is 13.9. The Labute approximate surface area is 144 Å². The molecule has 0 saturated heterocycles. The van der Waals surface area contributed by atoms with E-state index in [1.165, 1.54) is 4.91 Å². The third kappa shape index (κ3) is 7.57. The monoisotopic (exact) mass is 325 g/mol. The molecule has 0 saturated carbocycles. The van der Waals surface area contributed by atoms with Gasteiger partial charge in [0.25, 0.3) is 0 Å². The Morgan fingerprint density at radius 3 is 2.48 bits per heavy atom. The average molecular weight is 325 g/mol.